The van der Waals surface area contributed by atoms with Crippen molar-refractivity contribution in [3.63, 3.8) is 0 Å². The molecule has 3 heterocycles. The van der Waals surface area contributed by atoms with Gasteiger partial charge in [0.1, 0.15) is 5.82 Å². The summed E-state index contributed by atoms with van der Waals surface area (Å²) in [4.78, 5) is 17.2. The maximum Gasteiger partial charge on any atom is 0.191 e. The van der Waals surface area contributed by atoms with Crippen molar-refractivity contribution in [1.82, 2.24) is 20.6 Å². The van der Waals surface area contributed by atoms with Gasteiger partial charge >= 0.3 is 0 Å². The molecule has 0 bridgehead atoms. The van der Waals surface area contributed by atoms with Crippen LogP contribution >= 0.6 is 35.3 Å². The van der Waals surface area contributed by atoms with Crippen LogP contribution in [0.1, 0.15) is 42.1 Å². The van der Waals surface area contributed by atoms with Crippen LogP contribution in [-0.2, 0) is 19.4 Å². The molecule has 3 rings (SSSR count). The van der Waals surface area contributed by atoms with Crippen LogP contribution in [0.4, 0.5) is 5.82 Å². The molecule has 0 aromatic carbocycles. The van der Waals surface area contributed by atoms with Crippen molar-refractivity contribution < 1.29 is 0 Å². The third kappa shape index (κ3) is 7.40. The lowest BCUT2D eigenvalue weighted by molar-refractivity contribution is 0.436. The van der Waals surface area contributed by atoms with E-state index in [9.17, 15) is 0 Å². The molecule has 0 saturated carbocycles. The standard InChI is InChI=1S/C21H32N6S.HI/c1-4-18-15-25-20(28-18)7-10-23-21(22-3)26-14-17-5-6-19(24-13-17)27-11-8-16(2)9-12-27;/h5-6,13,15-16H,4,7-12,14H2,1-3H3,(H2,22,23,26);1H. The number of pyridine rings is 1. The predicted octanol–water partition coefficient (Wildman–Crippen LogP) is 3.86. The Morgan fingerprint density at radius 3 is 2.62 bits per heavy atom. The molecule has 8 heteroatoms. The van der Waals surface area contributed by atoms with Gasteiger partial charge in [-0.15, -0.1) is 35.3 Å². The third-order valence-corrected chi connectivity index (χ3v) is 6.38. The van der Waals surface area contributed by atoms with Crippen LogP contribution in [-0.4, -0.2) is 42.6 Å². The second-order valence-corrected chi connectivity index (χ2v) is 8.57. The number of thiazole rings is 1. The second-order valence-electron chi connectivity index (χ2n) is 7.37. The van der Waals surface area contributed by atoms with Gasteiger partial charge in [0.15, 0.2) is 5.96 Å². The highest BCUT2D eigenvalue weighted by Gasteiger charge is 2.16. The summed E-state index contributed by atoms with van der Waals surface area (Å²) in [5, 5.41) is 7.89. The Kier molecular flexibility index (Phi) is 10.1. The van der Waals surface area contributed by atoms with Crippen LogP contribution in [0, 0.1) is 5.92 Å². The highest BCUT2D eigenvalue weighted by molar-refractivity contribution is 14.0. The molecule has 0 aliphatic carbocycles. The quantitative estimate of drug-likeness (QED) is 0.325. The minimum atomic E-state index is 0. The molecule has 2 N–H and O–H groups in total. The molecule has 2 aromatic rings. The Bertz CT molecular complexity index is 753. The Balaban J connectivity index is 0.00000300. The fourth-order valence-corrected chi connectivity index (χ4v) is 4.13. The fourth-order valence-electron chi connectivity index (χ4n) is 3.27. The summed E-state index contributed by atoms with van der Waals surface area (Å²) in [7, 11) is 1.80. The van der Waals surface area contributed by atoms with E-state index in [1.54, 1.807) is 18.4 Å². The first-order valence-corrected chi connectivity index (χ1v) is 11.1. The van der Waals surface area contributed by atoms with Crippen molar-refractivity contribution in [3.8, 4) is 0 Å². The number of aliphatic imine (C=N–C) groups is 1. The van der Waals surface area contributed by atoms with Crippen LogP contribution in [0.15, 0.2) is 29.5 Å². The largest absolute Gasteiger partial charge is 0.357 e. The van der Waals surface area contributed by atoms with E-state index in [1.807, 2.05) is 12.4 Å². The first-order valence-electron chi connectivity index (χ1n) is 10.3. The Morgan fingerprint density at radius 2 is 2.00 bits per heavy atom. The number of anilines is 1. The van der Waals surface area contributed by atoms with Gasteiger partial charge in [0, 0.05) is 56.9 Å². The fraction of sp³-hybridized carbons (Fsp3) is 0.571. The molecule has 0 spiro atoms. The zero-order valence-corrected chi connectivity index (χ0v) is 20.8. The van der Waals surface area contributed by atoms with Crippen LogP contribution in [0.5, 0.6) is 0 Å². The smallest absolute Gasteiger partial charge is 0.191 e. The van der Waals surface area contributed by atoms with Crippen LogP contribution in [0.25, 0.3) is 0 Å². The lowest BCUT2D eigenvalue weighted by Gasteiger charge is -2.31. The van der Waals surface area contributed by atoms with Gasteiger partial charge in [-0.05, 0) is 36.8 Å². The number of aryl methyl sites for hydroxylation is 1. The number of rotatable bonds is 7. The molecule has 0 unspecified atom stereocenters. The molecule has 1 aliphatic rings. The van der Waals surface area contributed by atoms with Crippen LogP contribution in [0.3, 0.4) is 0 Å². The van der Waals surface area contributed by atoms with Gasteiger partial charge in [-0.3, -0.25) is 4.99 Å². The topological polar surface area (TPSA) is 65.4 Å². The number of nitrogens with zero attached hydrogens (tertiary/aromatic N) is 4. The van der Waals surface area contributed by atoms with Crippen molar-refractivity contribution in [3.05, 3.63) is 40.0 Å². The van der Waals surface area contributed by atoms with E-state index in [1.165, 1.54) is 22.7 Å². The first kappa shape index (κ1) is 23.9. The van der Waals surface area contributed by atoms with Gasteiger partial charge in [0.05, 0.1) is 5.01 Å². The molecule has 0 atom stereocenters. The highest BCUT2D eigenvalue weighted by atomic mass is 127. The zero-order chi connectivity index (χ0) is 19.8. The van der Waals surface area contributed by atoms with Gasteiger partial charge in [-0.2, -0.15) is 0 Å². The maximum absolute atomic E-state index is 4.66. The summed E-state index contributed by atoms with van der Waals surface area (Å²) in [5.41, 5.74) is 1.16. The Morgan fingerprint density at radius 1 is 1.21 bits per heavy atom. The average Bonchev–Trinajstić information content (AvgIpc) is 3.19. The van der Waals surface area contributed by atoms with E-state index in [4.69, 9.17) is 0 Å². The highest BCUT2D eigenvalue weighted by Crippen LogP contribution is 2.21. The number of nitrogens with one attached hydrogen (secondary N) is 2. The molecule has 0 amide bonds. The minimum Gasteiger partial charge on any atom is -0.357 e. The van der Waals surface area contributed by atoms with E-state index in [-0.39, 0.29) is 24.0 Å². The summed E-state index contributed by atoms with van der Waals surface area (Å²) in [6, 6.07) is 4.29. The van der Waals surface area contributed by atoms with Crippen molar-refractivity contribution in [1.29, 1.82) is 0 Å². The molecule has 1 saturated heterocycles. The van der Waals surface area contributed by atoms with Gasteiger partial charge in [0.25, 0.3) is 0 Å². The molecule has 6 nitrogen and oxygen atoms in total. The molecular formula is C21H33IN6S. The summed E-state index contributed by atoms with van der Waals surface area (Å²) < 4.78 is 0. The van der Waals surface area contributed by atoms with Crippen molar-refractivity contribution >= 4 is 47.1 Å². The predicted molar refractivity (Wildman–Crippen MR) is 134 cm³/mol. The van der Waals surface area contributed by atoms with Gasteiger partial charge < -0.3 is 15.5 Å². The molecule has 160 valence electrons. The maximum atomic E-state index is 4.66. The normalized spacial score (nSPS) is 15.1. The Labute approximate surface area is 195 Å². The summed E-state index contributed by atoms with van der Waals surface area (Å²) >= 11 is 1.79. The number of hydrogen-bond acceptors (Lipinski definition) is 5. The van der Waals surface area contributed by atoms with E-state index in [2.05, 4.69) is 56.5 Å². The van der Waals surface area contributed by atoms with Gasteiger partial charge in [-0.25, -0.2) is 9.97 Å². The summed E-state index contributed by atoms with van der Waals surface area (Å²) in [6.07, 6.45) is 8.43. The SMILES string of the molecule is CCc1cnc(CCNC(=NC)NCc2ccc(N3CCC(C)CC3)nc2)s1.I. The number of piperidine rings is 1. The molecule has 0 radical (unpaired) electrons. The first-order chi connectivity index (χ1) is 13.7. The second kappa shape index (κ2) is 12.3. The lowest BCUT2D eigenvalue weighted by atomic mass is 9.99. The van der Waals surface area contributed by atoms with Crippen molar-refractivity contribution in [2.45, 2.75) is 46.1 Å². The molecule has 2 aromatic heterocycles. The van der Waals surface area contributed by atoms with E-state index in [0.717, 1.165) is 55.7 Å². The van der Waals surface area contributed by atoms with Crippen LogP contribution in [0.2, 0.25) is 0 Å². The van der Waals surface area contributed by atoms with E-state index < -0.39 is 0 Å². The monoisotopic (exact) mass is 528 g/mol. The lowest BCUT2D eigenvalue weighted by Crippen LogP contribution is -2.38. The molecular weight excluding hydrogens is 495 g/mol. The van der Waals surface area contributed by atoms with E-state index in [0.29, 0.717) is 6.54 Å². The number of aromatic nitrogens is 2. The minimum absolute atomic E-state index is 0. The molecule has 1 fully saturated rings. The van der Waals surface area contributed by atoms with Crippen molar-refractivity contribution in [2.75, 3.05) is 31.6 Å². The van der Waals surface area contributed by atoms with Gasteiger partial charge in [-0.1, -0.05) is 19.9 Å². The molecule has 1 aliphatic heterocycles. The summed E-state index contributed by atoms with van der Waals surface area (Å²) in [6.45, 7) is 8.25. The zero-order valence-electron chi connectivity index (χ0n) is 17.6. The number of guanidine groups is 1. The number of hydrogen-bond donors (Lipinski definition) is 2. The van der Waals surface area contributed by atoms with Crippen LogP contribution < -0.4 is 15.5 Å². The van der Waals surface area contributed by atoms with Gasteiger partial charge in [0.2, 0.25) is 0 Å². The Hall–Kier alpha value is -1.42. The number of halogens is 1. The average molecular weight is 529 g/mol. The summed E-state index contributed by atoms with van der Waals surface area (Å²) in [5.74, 6) is 2.73. The molecule has 29 heavy (non-hydrogen) atoms. The van der Waals surface area contributed by atoms with Crippen molar-refractivity contribution in [2.24, 2.45) is 10.9 Å². The third-order valence-electron chi connectivity index (χ3n) is 5.18. The van der Waals surface area contributed by atoms with E-state index >= 15 is 0 Å².